The molecule has 11 heteroatoms. The Kier molecular flexibility index (Phi) is 10.3. The minimum absolute atomic E-state index is 0.0103. The molecule has 5 unspecified atom stereocenters. The number of aliphatic imine (C=N–C) groups is 3. The van der Waals surface area contributed by atoms with Crippen molar-refractivity contribution in [3.8, 4) is 0 Å². The molecular weight excluding hydrogens is 987 g/mol. The SMILES string of the molecule is CSc1ccc(C2=NC(c3ccc4sc5ccccc5c4c3)NC(N3C4=C(CCc5c4c4ccccc4n5C4N=C(c5ccc6occc6c5)C=C(c5ccc6occc6c5)N4)C4C=CC=CC43)=N2)cc1C1C=CC=CC1. The number of furan rings is 2. The van der Waals surface area contributed by atoms with E-state index in [0.29, 0.717) is 0 Å². The van der Waals surface area contributed by atoms with Gasteiger partial charge in [-0.05, 0) is 139 Å². The maximum atomic E-state index is 5.80. The molecule has 6 aliphatic rings. The molecule has 372 valence electrons. The molecule has 77 heavy (non-hydrogen) atoms. The molecule has 10 aromatic rings. The molecule has 0 radical (unpaired) electrons. The van der Waals surface area contributed by atoms with E-state index in [1.165, 1.54) is 58.5 Å². The van der Waals surface area contributed by atoms with Crippen molar-refractivity contribution in [2.45, 2.75) is 48.6 Å². The predicted octanol–water partition coefficient (Wildman–Crippen LogP) is 15.6. The van der Waals surface area contributed by atoms with Crippen LogP contribution in [0.3, 0.4) is 0 Å². The molecule has 0 saturated heterocycles. The van der Waals surface area contributed by atoms with E-state index in [-0.39, 0.29) is 17.9 Å². The van der Waals surface area contributed by atoms with Crippen LogP contribution in [-0.4, -0.2) is 39.3 Å². The van der Waals surface area contributed by atoms with Gasteiger partial charge in [-0.3, -0.25) is 0 Å². The number of rotatable bonds is 7. The quantitative estimate of drug-likeness (QED) is 0.154. The number of nitrogens with one attached hydrogen (secondary N) is 2. The number of amidine groups is 1. The lowest BCUT2D eigenvalue weighted by Crippen LogP contribution is -2.48. The largest absolute Gasteiger partial charge is 0.464 e. The lowest BCUT2D eigenvalue weighted by Gasteiger charge is -2.35. The molecule has 0 spiro atoms. The van der Waals surface area contributed by atoms with Crippen LogP contribution in [0.5, 0.6) is 0 Å². The van der Waals surface area contributed by atoms with Crippen molar-refractivity contribution in [2.75, 3.05) is 6.26 Å². The number of benzene rings is 6. The van der Waals surface area contributed by atoms with Crippen LogP contribution in [0.2, 0.25) is 0 Å². The standard InChI is InChI=1S/C66H49N7O2S2/c1-76-58-27-21-43(35-49(58)38-11-3-2-4-12-38)63-69-64(44-22-28-60-50(36-44)46-14-7-10-18-59(46)77-60)71-66(70-63)73-53-16-8-5-13-45(53)47-23-24-55-61(62(47)73)48-15-6-9-17-54(48)72(55)65-67-51(39-19-25-56-41(33-39)29-31-74-56)37-52(68-65)40-20-26-57-42(34-40)30-32-75-57/h2-11,13-22,25-38,45,53,64-65,67H,12,23-24H2,1H3,(H,69,70,71). The van der Waals surface area contributed by atoms with Gasteiger partial charge in [0.15, 0.2) is 5.84 Å². The molecule has 9 nitrogen and oxygen atoms in total. The maximum absolute atomic E-state index is 5.80. The van der Waals surface area contributed by atoms with Gasteiger partial charge in [-0.25, -0.2) is 9.98 Å². The average Bonchev–Trinajstić information content (AvgIpc) is 4.38. The third-order valence-electron chi connectivity index (χ3n) is 16.4. The highest BCUT2D eigenvalue weighted by molar-refractivity contribution is 7.98. The van der Waals surface area contributed by atoms with Crippen molar-refractivity contribution in [3.05, 3.63) is 245 Å². The molecule has 0 saturated carbocycles. The molecular formula is C66H49N7O2S2. The summed E-state index contributed by atoms with van der Waals surface area (Å²) >= 11 is 3.64. The van der Waals surface area contributed by atoms with E-state index in [1.54, 1.807) is 24.3 Å². The smallest absolute Gasteiger partial charge is 0.207 e. The summed E-state index contributed by atoms with van der Waals surface area (Å²) < 4.78 is 16.6. The number of allylic oxidation sites excluding steroid dienone is 7. The Balaban J connectivity index is 0.866. The molecule has 6 aromatic carbocycles. The number of hydrogen-bond acceptors (Lipinski definition) is 10. The zero-order valence-electron chi connectivity index (χ0n) is 41.9. The van der Waals surface area contributed by atoms with Gasteiger partial charge in [0, 0.05) is 81.1 Å². The minimum atomic E-state index is -0.470. The van der Waals surface area contributed by atoms with Gasteiger partial charge in [0.05, 0.1) is 35.5 Å². The number of aromatic nitrogens is 1. The highest BCUT2D eigenvalue weighted by Crippen LogP contribution is 2.52. The molecule has 3 aliphatic carbocycles. The van der Waals surface area contributed by atoms with Gasteiger partial charge >= 0.3 is 0 Å². The van der Waals surface area contributed by atoms with E-state index < -0.39 is 12.5 Å². The van der Waals surface area contributed by atoms with Crippen molar-refractivity contribution in [2.24, 2.45) is 20.9 Å². The van der Waals surface area contributed by atoms with Gasteiger partial charge in [-0.15, -0.1) is 23.1 Å². The summed E-state index contributed by atoms with van der Waals surface area (Å²) in [6.45, 7) is 0. The number of nitrogens with zero attached hydrogens (tertiary/aromatic N) is 5. The van der Waals surface area contributed by atoms with Crippen LogP contribution in [0, 0.1) is 5.92 Å². The minimum Gasteiger partial charge on any atom is -0.464 e. The van der Waals surface area contributed by atoms with Gasteiger partial charge in [-0.1, -0.05) is 97.1 Å². The van der Waals surface area contributed by atoms with E-state index in [1.807, 2.05) is 29.5 Å². The van der Waals surface area contributed by atoms with E-state index in [0.717, 1.165) is 92.2 Å². The Bertz CT molecular complexity index is 4430. The zero-order chi connectivity index (χ0) is 50.7. The summed E-state index contributed by atoms with van der Waals surface area (Å²) in [6, 6.07) is 48.1. The first-order valence-electron chi connectivity index (χ1n) is 26.5. The monoisotopic (exact) mass is 1040 g/mol. The molecule has 5 atom stereocenters. The Morgan fingerprint density at radius 2 is 1.45 bits per heavy atom. The number of thiophene rings is 1. The van der Waals surface area contributed by atoms with Gasteiger partial charge < -0.3 is 28.9 Å². The summed E-state index contributed by atoms with van der Waals surface area (Å²) in [5.41, 5.74) is 15.3. The first-order valence-corrected chi connectivity index (χ1v) is 28.5. The predicted molar refractivity (Wildman–Crippen MR) is 317 cm³/mol. The van der Waals surface area contributed by atoms with Crippen molar-refractivity contribution in [1.82, 2.24) is 20.1 Å². The Morgan fingerprint density at radius 1 is 0.675 bits per heavy atom. The molecule has 16 rings (SSSR count). The molecule has 0 amide bonds. The second kappa shape index (κ2) is 17.7. The van der Waals surface area contributed by atoms with E-state index in [9.17, 15) is 0 Å². The molecule has 7 heterocycles. The van der Waals surface area contributed by atoms with E-state index in [4.69, 9.17) is 23.8 Å². The second-order valence-electron chi connectivity index (χ2n) is 20.6. The number of para-hydroxylation sites is 1. The van der Waals surface area contributed by atoms with Gasteiger partial charge in [0.1, 0.15) is 17.3 Å². The highest BCUT2D eigenvalue weighted by Gasteiger charge is 2.46. The fourth-order valence-electron chi connectivity index (χ4n) is 12.8. The molecule has 2 N–H and O–H groups in total. The van der Waals surface area contributed by atoms with Crippen LogP contribution in [0.1, 0.15) is 70.3 Å². The van der Waals surface area contributed by atoms with Crippen LogP contribution < -0.4 is 10.6 Å². The van der Waals surface area contributed by atoms with Crippen LogP contribution in [0.25, 0.3) is 64.4 Å². The van der Waals surface area contributed by atoms with Gasteiger partial charge in [-0.2, -0.15) is 4.99 Å². The Morgan fingerprint density at radius 3 is 2.31 bits per heavy atom. The van der Waals surface area contributed by atoms with Crippen LogP contribution in [0.15, 0.2) is 235 Å². The lowest BCUT2D eigenvalue weighted by molar-refractivity contribution is 0.439. The fourth-order valence-corrected chi connectivity index (χ4v) is 14.5. The van der Waals surface area contributed by atoms with Crippen LogP contribution >= 0.6 is 23.1 Å². The highest BCUT2D eigenvalue weighted by atomic mass is 32.2. The summed E-state index contributed by atoms with van der Waals surface area (Å²) in [7, 11) is 0. The third kappa shape index (κ3) is 7.24. The molecule has 3 aliphatic heterocycles. The molecule has 0 bridgehead atoms. The number of guanidine groups is 1. The molecule has 0 fully saturated rings. The second-order valence-corrected chi connectivity index (χ2v) is 22.5. The summed E-state index contributed by atoms with van der Waals surface area (Å²) in [4.78, 5) is 20.7. The normalized spacial score (nSPS) is 21.6. The number of fused-ring (bicyclic) bond motifs is 11. The van der Waals surface area contributed by atoms with Crippen LogP contribution in [0.4, 0.5) is 0 Å². The first kappa shape index (κ1) is 44.6. The average molecular weight is 1040 g/mol. The van der Waals surface area contributed by atoms with Gasteiger partial charge in [0.2, 0.25) is 12.2 Å². The van der Waals surface area contributed by atoms with Crippen molar-refractivity contribution >= 4 is 105 Å². The van der Waals surface area contributed by atoms with Crippen LogP contribution in [-0.2, 0) is 6.42 Å². The fraction of sp³-hybridized carbons (Fsp3) is 0.136. The van der Waals surface area contributed by atoms with E-state index >= 15 is 0 Å². The Labute approximate surface area is 452 Å². The Hall–Kier alpha value is -8.64. The summed E-state index contributed by atoms with van der Waals surface area (Å²) in [5.74, 6) is 1.94. The van der Waals surface area contributed by atoms with Gasteiger partial charge in [0.25, 0.3) is 0 Å². The number of thioether (sulfide) groups is 1. The van der Waals surface area contributed by atoms with Crippen molar-refractivity contribution in [1.29, 1.82) is 0 Å². The summed E-state index contributed by atoms with van der Waals surface area (Å²) in [5, 5.41) is 13.8. The maximum Gasteiger partial charge on any atom is 0.207 e. The zero-order valence-corrected chi connectivity index (χ0v) is 43.6. The lowest BCUT2D eigenvalue weighted by atomic mass is 9.84. The molecule has 4 aromatic heterocycles. The van der Waals surface area contributed by atoms with E-state index in [2.05, 4.69) is 196 Å². The number of hydrogen-bond donors (Lipinski definition) is 2. The summed E-state index contributed by atoms with van der Waals surface area (Å²) in [6.07, 6.45) is 27.8. The third-order valence-corrected chi connectivity index (χ3v) is 18.3. The topological polar surface area (TPSA) is 95.6 Å². The first-order chi connectivity index (χ1) is 38.1. The van der Waals surface area contributed by atoms with Crippen molar-refractivity contribution < 1.29 is 8.83 Å². The van der Waals surface area contributed by atoms with Crippen molar-refractivity contribution in [3.63, 3.8) is 0 Å².